The highest BCUT2D eigenvalue weighted by Gasteiger charge is 2.12. The van der Waals surface area contributed by atoms with Crippen LogP contribution in [0, 0.1) is 0 Å². The van der Waals surface area contributed by atoms with Gasteiger partial charge in [-0.05, 0) is 42.0 Å². The maximum Gasteiger partial charge on any atom is 0.0213 e. The maximum absolute atomic E-state index is 3.67. The summed E-state index contributed by atoms with van der Waals surface area (Å²) in [6, 6.07) is 4.44. The second-order valence-corrected chi connectivity index (χ2v) is 5.02. The van der Waals surface area contributed by atoms with E-state index in [1.165, 1.54) is 46.8 Å². The van der Waals surface area contributed by atoms with Gasteiger partial charge in [0.2, 0.25) is 0 Å². The molecule has 1 aliphatic carbocycles. The highest BCUT2D eigenvalue weighted by atomic mass is 79.9. The molecule has 0 heterocycles. The number of fused-ring (bicyclic) bond motifs is 1. The Morgan fingerprint density at radius 3 is 2.93 bits per heavy atom. The highest BCUT2D eigenvalue weighted by Crippen LogP contribution is 2.30. The van der Waals surface area contributed by atoms with E-state index in [0.717, 1.165) is 6.42 Å². The molecule has 0 radical (unpaired) electrons. The van der Waals surface area contributed by atoms with Gasteiger partial charge in [0.25, 0.3) is 0 Å². The van der Waals surface area contributed by atoms with Gasteiger partial charge >= 0.3 is 0 Å². The number of rotatable bonds is 4. The van der Waals surface area contributed by atoms with Gasteiger partial charge in [-0.1, -0.05) is 53.9 Å². The molecule has 2 rings (SSSR count). The Balaban J connectivity index is 2.21. The molecular weight excluding hydrogens is 248 g/mol. The van der Waals surface area contributed by atoms with E-state index in [1.807, 2.05) is 0 Å². The third-order valence-corrected chi connectivity index (χ3v) is 3.79. The van der Waals surface area contributed by atoms with Crippen LogP contribution in [0.3, 0.4) is 0 Å². The van der Waals surface area contributed by atoms with Crippen LogP contribution in [0.5, 0.6) is 0 Å². The first-order valence-electron chi connectivity index (χ1n) is 5.79. The van der Waals surface area contributed by atoms with Crippen LogP contribution in [0.15, 0.2) is 22.7 Å². The average Bonchev–Trinajstić information content (AvgIpc) is 2.69. The molecule has 0 aromatic heterocycles. The monoisotopic (exact) mass is 264 g/mol. The third kappa shape index (κ3) is 2.34. The van der Waals surface area contributed by atoms with Crippen molar-refractivity contribution in [1.29, 1.82) is 0 Å². The second kappa shape index (κ2) is 4.98. The van der Waals surface area contributed by atoms with Crippen LogP contribution < -0.4 is 0 Å². The Morgan fingerprint density at radius 1 is 1.27 bits per heavy atom. The molecule has 0 saturated carbocycles. The average molecular weight is 265 g/mol. The van der Waals surface area contributed by atoms with E-state index in [-0.39, 0.29) is 0 Å². The molecule has 0 spiro atoms. The first-order chi connectivity index (χ1) is 7.33. The van der Waals surface area contributed by atoms with E-state index in [0.29, 0.717) is 0 Å². The lowest BCUT2D eigenvalue weighted by molar-refractivity contribution is 0.715. The zero-order chi connectivity index (χ0) is 10.7. The van der Waals surface area contributed by atoms with Crippen LogP contribution in [-0.2, 0) is 12.8 Å². The van der Waals surface area contributed by atoms with Crippen molar-refractivity contribution < 1.29 is 0 Å². The quantitative estimate of drug-likeness (QED) is 0.689. The van der Waals surface area contributed by atoms with Crippen LogP contribution >= 0.6 is 15.9 Å². The van der Waals surface area contributed by atoms with E-state index < -0.39 is 0 Å². The Hall–Kier alpha value is -0.560. The maximum atomic E-state index is 3.67. The topological polar surface area (TPSA) is 0 Å². The zero-order valence-electron chi connectivity index (χ0n) is 9.22. The number of hydrogen-bond acceptors (Lipinski definition) is 0. The summed E-state index contributed by atoms with van der Waals surface area (Å²) < 4.78 is 1.28. The summed E-state index contributed by atoms with van der Waals surface area (Å²) in [5.41, 5.74) is 4.47. The van der Waals surface area contributed by atoms with Crippen molar-refractivity contribution in [2.24, 2.45) is 0 Å². The molecule has 1 aromatic rings. The predicted molar refractivity (Wildman–Crippen MR) is 70.1 cm³/mol. The predicted octanol–water partition coefficient (Wildman–Crippen LogP) is 4.75. The summed E-state index contributed by atoms with van der Waals surface area (Å²) in [5.74, 6) is 0. The standard InChI is InChI=1S/C14H17Br/c1-2-3-4-7-13-12-8-5-6-11(12)9-10-14(13)15/h5,8-10H,2-4,6-7H2,1H3. The van der Waals surface area contributed by atoms with Gasteiger partial charge in [-0.2, -0.15) is 0 Å². The number of halogens is 1. The second-order valence-electron chi connectivity index (χ2n) is 4.16. The molecule has 1 aromatic carbocycles. The van der Waals surface area contributed by atoms with E-state index in [2.05, 4.69) is 47.1 Å². The molecule has 0 unspecified atom stereocenters. The fourth-order valence-electron chi connectivity index (χ4n) is 2.18. The number of benzene rings is 1. The summed E-state index contributed by atoms with van der Waals surface area (Å²) in [7, 11) is 0. The Labute approximate surface area is 101 Å². The van der Waals surface area contributed by atoms with Crippen LogP contribution in [0.25, 0.3) is 6.08 Å². The molecule has 0 nitrogen and oxygen atoms in total. The lowest BCUT2D eigenvalue weighted by Gasteiger charge is -2.10. The van der Waals surface area contributed by atoms with E-state index in [1.54, 1.807) is 0 Å². The molecule has 0 aliphatic heterocycles. The molecule has 80 valence electrons. The van der Waals surface area contributed by atoms with Crippen molar-refractivity contribution in [3.05, 3.63) is 39.4 Å². The Bertz CT molecular complexity index is 377. The van der Waals surface area contributed by atoms with E-state index >= 15 is 0 Å². The smallest absolute Gasteiger partial charge is 0.0213 e. The molecule has 0 N–H and O–H groups in total. The number of allylic oxidation sites excluding steroid dienone is 1. The summed E-state index contributed by atoms with van der Waals surface area (Å²) in [6.07, 6.45) is 10.8. The molecular formula is C14H17Br. The van der Waals surface area contributed by atoms with Gasteiger partial charge in [-0.25, -0.2) is 0 Å². The van der Waals surface area contributed by atoms with Gasteiger partial charge < -0.3 is 0 Å². The van der Waals surface area contributed by atoms with Crippen molar-refractivity contribution in [2.75, 3.05) is 0 Å². The summed E-state index contributed by atoms with van der Waals surface area (Å²) in [5, 5.41) is 0. The summed E-state index contributed by atoms with van der Waals surface area (Å²) in [6.45, 7) is 2.25. The lowest BCUT2D eigenvalue weighted by atomic mass is 9.99. The SMILES string of the molecule is CCCCCc1c(Br)ccc2c1C=CC2. The first kappa shape index (κ1) is 10.9. The molecule has 0 amide bonds. The molecule has 0 fully saturated rings. The number of unbranched alkanes of at least 4 members (excludes halogenated alkanes) is 2. The fourth-order valence-corrected chi connectivity index (χ4v) is 2.73. The van der Waals surface area contributed by atoms with Gasteiger partial charge in [0.15, 0.2) is 0 Å². The van der Waals surface area contributed by atoms with Crippen molar-refractivity contribution in [2.45, 2.75) is 39.0 Å². The molecule has 0 saturated heterocycles. The molecule has 0 bridgehead atoms. The van der Waals surface area contributed by atoms with E-state index in [4.69, 9.17) is 0 Å². The lowest BCUT2D eigenvalue weighted by Crippen LogP contribution is -1.94. The minimum absolute atomic E-state index is 1.11. The van der Waals surface area contributed by atoms with Crippen LogP contribution in [0.1, 0.15) is 42.9 Å². The normalized spacial score (nSPS) is 13.2. The van der Waals surface area contributed by atoms with Crippen molar-refractivity contribution in [3.8, 4) is 0 Å². The van der Waals surface area contributed by atoms with Gasteiger partial charge in [-0.3, -0.25) is 0 Å². The van der Waals surface area contributed by atoms with Gasteiger partial charge in [0.1, 0.15) is 0 Å². The minimum atomic E-state index is 1.11. The van der Waals surface area contributed by atoms with Crippen LogP contribution in [0.4, 0.5) is 0 Å². The molecule has 1 aliphatic rings. The molecule has 0 atom stereocenters. The van der Waals surface area contributed by atoms with Crippen molar-refractivity contribution >= 4 is 22.0 Å². The van der Waals surface area contributed by atoms with Crippen molar-refractivity contribution in [1.82, 2.24) is 0 Å². The van der Waals surface area contributed by atoms with Crippen LogP contribution in [-0.4, -0.2) is 0 Å². The Morgan fingerprint density at radius 2 is 2.13 bits per heavy atom. The largest absolute Gasteiger partial charge is 0.0795 e. The third-order valence-electron chi connectivity index (χ3n) is 3.04. The summed E-state index contributed by atoms with van der Waals surface area (Å²) >= 11 is 3.67. The summed E-state index contributed by atoms with van der Waals surface area (Å²) in [4.78, 5) is 0. The van der Waals surface area contributed by atoms with Gasteiger partial charge in [-0.15, -0.1) is 0 Å². The van der Waals surface area contributed by atoms with Gasteiger partial charge in [0, 0.05) is 4.47 Å². The Kier molecular flexibility index (Phi) is 3.63. The van der Waals surface area contributed by atoms with Crippen molar-refractivity contribution in [3.63, 3.8) is 0 Å². The van der Waals surface area contributed by atoms with E-state index in [9.17, 15) is 0 Å². The van der Waals surface area contributed by atoms with Gasteiger partial charge in [0.05, 0.1) is 0 Å². The minimum Gasteiger partial charge on any atom is -0.0795 e. The molecule has 15 heavy (non-hydrogen) atoms. The first-order valence-corrected chi connectivity index (χ1v) is 6.59. The fraction of sp³-hybridized carbons (Fsp3) is 0.429. The number of hydrogen-bond donors (Lipinski definition) is 0. The zero-order valence-corrected chi connectivity index (χ0v) is 10.8. The highest BCUT2D eigenvalue weighted by molar-refractivity contribution is 9.10. The van der Waals surface area contributed by atoms with Crippen LogP contribution in [0.2, 0.25) is 0 Å². The molecule has 1 heteroatoms.